The highest BCUT2D eigenvalue weighted by Crippen LogP contribution is 2.51. The molecule has 1 saturated carbocycles. The second kappa shape index (κ2) is 5.88. The van der Waals surface area contributed by atoms with Crippen molar-refractivity contribution < 1.29 is 19.4 Å². The number of aliphatic carboxylic acids is 1. The van der Waals surface area contributed by atoms with Gasteiger partial charge in [-0.1, -0.05) is 19.9 Å². The third-order valence-corrected chi connectivity index (χ3v) is 5.63. The Bertz CT molecular complexity index is 839. The zero-order chi connectivity index (χ0) is 18.4. The SMILES string of the molecule is CCOC1CC(NC(=O)c2cccc3c2ccn3C)(C(=O)O)C1(C)C. The van der Waals surface area contributed by atoms with Gasteiger partial charge in [0.25, 0.3) is 5.91 Å². The number of carboxylic acid groups (broad SMARTS) is 1. The quantitative estimate of drug-likeness (QED) is 0.873. The molecule has 1 aromatic heterocycles. The molecule has 2 unspecified atom stereocenters. The molecule has 1 aliphatic carbocycles. The molecule has 6 nitrogen and oxygen atoms in total. The molecule has 2 aromatic rings. The topological polar surface area (TPSA) is 80.6 Å². The third kappa shape index (κ3) is 2.43. The lowest BCUT2D eigenvalue weighted by Crippen LogP contribution is -2.76. The molecule has 1 amide bonds. The van der Waals surface area contributed by atoms with Crippen LogP contribution in [0.15, 0.2) is 30.5 Å². The highest BCUT2D eigenvalue weighted by atomic mass is 16.5. The summed E-state index contributed by atoms with van der Waals surface area (Å²) in [4.78, 5) is 24.9. The van der Waals surface area contributed by atoms with E-state index in [-0.39, 0.29) is 18.4 Å². The van der Waals surface area contributed by atoms with E-state index < -0.39 is 16.9 Å². The van der Waals surface area contributed by atoms with Crippen molar-refractivity contribution in [2.24, 2.45) is 12.5 Å². The van der Waals surface area contributed by atoms with Gasteiger partial charge < -0.3 is 19.7 Å². The van der Waals surface area contributed by atoms with Gasteiger partial charge in [-0.05, 0) is 25.1 Å². The first-order valence-electron chi connectivity index (χ1n) is 8.46. The summed E-state index contributed by atoms with van der Waals surface area (Å²) in [5, 5.41) is 13.4. The van der Waals surface area contributed by atoms with Crippen molar-refractivity contribution in [3.05, 3.63) is 36.0 Å². The third-order valence-electron chi connectivity index (χ3n) is 5.63. The number of carboxylic acids is 1. The van der Waals surface area contributed by atoms with Crippen LogP contribution in [0.4, 0.5) is 0 Å². The monoisotopic (exact) mass is 344 g/mol. The number of carbonyl (C=O) groups excluding carboxylic acids is 1. The van der Waals surface area contributed by atoms with Crippen LogP contribution in [0.1, 0.15) is 37.6 Å². The van der Waals surface area contributed by atoms with Gasteiger partial charge in [0, 0.05) is 48.2 Å². The molecule has 3 rings (SSSR count). The number of nitrogens with zero attached hydrogens (tertiary/aromatic N) is 1. The fourth-order valence-electron chi connectivity index (χ4n) is 3.80. The van der Waals surface area contributed by atoms with Crippen molar-refractivity contribution >= 4 is 22.8 Å². The smallest absolute Gasteiger partial charge is 0.330 e. The summed E-state index contributed by atoms with van der Waals surface area (Å²) in [7, 11) is 1.91. The maximum Gasteiger partial charge on any atom is 0.330 e. The van der Waals surface area contributed by atoms with Crippen LogP contribution in [0.5, 0.6) is 0 Å². The summed E-state index contributed by atoms with van der Waals surface area (Å²) in [5.74, 6) is -1.40. The van der Waals surface area contributed by atoms with Gasteiger partial charge in [0.15, 0.2) is 0 Å². The van der Waals surface area contributed by atoms with E-state index in [0.717, 1.165) is 10.9 Å². The van der Waals surface area contributed by atoms with E-state index >= 15 is 0 Å². The number of benzene rings is 1. The van der Waals surface area contributed by atoms with Crippen molar-refractivity contribution in [2.45, 2.75) is 38.8 Å². The number of nitrogens with one attached hydrogen (secondary N) is 1. The molecule has 1 fully saturated rings. The summed E-state index contributed by atoms with van der Waals surface area (Å²) < 4.78 is 7.57. The van der Waals surface area contributed by atoms with E-state index in [0.29, 0.717) is 12.2 Å². The number of fused-ring (bicyclic) bond motifs is 1. The summed E-state index contributed by atoms with van der Waals surface area (Å²) in [6.07, 6.45) is 1.95. The number of rotatable bonds is 5. The van der Waals surface area contributed by atoms with Crippen molar-refractivity contribution in [1.82, 2.24) is 9.88 Å². The first kappa shape index (κ1) is 17.5. The maximum absolute atomic E-state index is 12.9. The minimum Gasteiger partial charge on any atom is -0.479 e. The number of carbonyl (C=O) groups is 2. The first-order valence-corrected chi connectivity index (χ1v) is 8.46. The van der Waals surface area contributed by atoms with E-state index in [1.165, 1.54) is 0 Å². The lowest BCUT2D eigenvalue weighted by atomic mass is 9.54. The van der Waals surface area contributed by atoms with Crippen LogP contribution in [-0.2, 0) is 16.6 Å². The largest absolute Gasteiger partial charge is 0.479 e. The van der Waals surface area contributed by atoms with Crippen molar-refractivity contribution in [2.75, 3.05) is 6.61 Å². The van der Waals surface area contributed by atoms with Crippen LogP contribution in [0.25, 0.3) is 10.9 Å². The molecule has 1 aliphatic rings. The average molecular weight is 344 g/mol. The van der Waals surface area contributed by atoms with Gasteiger partial charge in [-0.15, -0.1) is 0 Å². The molecule has 0 radical (unpaired) electrons. The number of amides is 1. The standard InChI is InChI=1S/C19H24N2O4/c1-5-25-15-11-19(17(23)24,18(15,2)3)20-16(22)13-7-6-8-14-12(13)9-10-21(14)4/h6-10,15H,5,11H2,1-4H3,(H,20,22)(H,23,24). The molecule has 0 bridgehead atoms. The van der Waals surface area contributed by atoms with Crippen LogP contribution in [0, 0.1) is 5.41 Å². The van der Waals surface area contributed by atoms with E-state index in [4.69, 9.17) is 4.74 Å². The van der Waals surface area contributed by atoms with E-state index in [9.17, 15) is 14.7 Å². The minimum atomic E-state index is -1.33. The predicted molar refractivity (Wildman–Crippen MR) is 94.6 cm³/mol. The van der Waals surface area contributed by atoms with Crippen LogP contribution < -0.4 is 5.32 Å². The molecule has 25 heavy (non-hydrogen) atoms. The Hall–Kier alpha value is -2.34. The average Bonchev–Trinajstić information content (AvgIpc) is 2.94. The first-order chi connectivity index (χ1) is 11.7. The molecular weight excluding hydrogens is 320 g/mol. The Morgan fingerprint density at radius 1 is 1.36 bits per heavy atom. The normalized spacial score (nSPS) is 24.7. The summed E-state index contributed by atoms with van der Waals surface area (Å²) in [6, 6.07) is 7.32. The number of hydrogen-bond acceptors (Lipinski definition) is 3. The highest BCUT2D eigenvalue weighted by molar-refractivity contribution is 6.08. The Labute approximate surface area is 146 Å². The summed E-state index contributed by atoms with van der Waals surface area (Å²) in [6.45, 7) is 6.05. The van der Waals surface area contributed by atoms with Crippen molar-refractivity contribution in [1.29, 1.82) is 0 Å². The lowest BCUT2D eigenvalue weighted by molar-refractivity contribution is -0.190. The molecule has 134 valence electrons. The Balaban J connectivity index is 1.94. The fraction of sp³-hybridized carbons (Fsp3) is 0.474. The number of hydrogen-bond donors (Lipinski definition) is 2. The van der Waals surface area contributed by atoms with Crippen LogP contribution in [0.3, 0.4) is 0 Å². The van der Waals surface area contributed by atoms with Gasteiger partial charge in [-0.3, -0.25) is 4.79 Å². The Kier molecular flexibility index (Phi) is 4.11. The van der Waals surface area contributed by atoms with Crippen LogP contribution in [0.2, 0.25) is 0 Å². The van der Waals surface area contributed by atoms with Crippen molar-refractivity contribution in [3.63, 3.8) is 0 Å². The molecule has 0 saturated heterocycles. The molecule has 1 heterocycles. The van der Waals surface area contributed by atoms with E-state index in [1.807, 2.05) is 50.7 Å². The second-order valence-corrected chi connectivity index (χ2v) is 7.20. The lowest BCUT2D eigenvalue weighted by Gasteiger charge is -2.58. The van der Waals surface area contributed by atoms with Crippen molar-refractivity contribution in [3.8, 4) is 0 Å². The van der Waals surface area contributed by atoms with Gasteiger partial charge >= 0.3 is 5.97 Å². The molecule has 1 aromatic carbocycles. The Morgan fingerprint density at radius 3 is 2.68 bits per heavy atom. The maximum atomic E-state index is 12.9. The Morgan fingerprint density at radius 2 is 2.08 bits per heavy atom. The minimum absolute atomic E-state index is 0.193. The zero-order valence-electron chi connectivity index (χ0n) is 15.0. The van der Waals surface area contributed by atoms with E-state index in [2.05, 4.69) is 5.32 Å². The van der Waals surface area contributed by atoms with Gasteiger partial charge in [0.05, 0.1) is 6.10 Å². The summed E-state index contributed by atoms with van der Waals surface area (Å²) in [5.41, 5.74) is -0.623. The van der Waals surface area contributed by atoms with Crippen LogP contribution >= 0.6 is 0 Å². The number of aromatic nitrogens is 1. The van der Waals surface area contributed by atoms with Crippen LogP contribution in [-0.4, -0.2) is 39.8 Å². The molecule has 6 heteroatoms. The van der Waals surface area contributed by atoms with Gasteiger partial charge in [-0.25, -0.2) is 4.79 Å². The van der Waals surface area contributed by atoms with E-state index in [1.54, 1.807) is 12.1 Å². The number of ether oxygens (including phenoxy) is 1. The molecule has 2 atom stereocenters. The number of aryl methyl sites for hydroxylation is 1. The predicted octanol–water partition coefficient (Wildman–Crippen LogP) is 2.57. The highest BCUT2D eigenvalue weighted by Gasteiger charge is 2.66. The zero-order valence-corrected chi connectivity index (χ0v) is 15.0. The molecule has 0 aliphatic heterocycles. The molecule has 0 spiro atoms. The summed E-state index contributed by atoms with van der Waals surface area (Å²) >= 11 is 0. The van der Waals surface area contributed by atoms with Gasteiger partial charge in [-0.2, -0.15) is 0 Å². The fourth-order valence-corrected chi connectivity index (χ4v) is 3.80. The second-order valence-electron chi connectivity index (χ2n) is 7.20. The van der Waals surface area contributed by atoms with Gasteiger partial charge in [0.1, 0.15) is 5.54 Å². The molecular formula is C19H24N2O4. The van der Waals surface area contributed by atoms with Gasteiger partial charge in [0.2, 0.25) is 0 Å². The molecule has 2 N–H and O–H groups in total.